The van der Waals surface area contributed by atoms with Gasteiger partial charge in [-0.25, -0.2) is 9.48 Å². The molecule has 1 aromatic heterocycles. The van der Waals surface area contributed by atoms with E-state index >= 15 is 0 Å². The van der Waals surface area contributed by atoms with Crippen LogP contribution in [0.2, 0.25) is 0 Å². The molecule has 132 valence electrons. The van der Waals surface area contributed by atoms with Crippen LogP contribution in [0.1, 0.15) is 21.6 Å². The van der Waals surface area contributed by atoms with Crippen molar-refractivity contribution in [3.05, 3.63) is 69.6 Å². The third-order valence-electron chi connectivity index (χ3n) is 3.80. The molecule has 0 aliphatic carbocycles. The van der Waals surface area contributed by atoms with E-state index in [2.05, 4.69) is 15.3 Å². The summed E-state index contributed by atoms with van der Waals surface area (Å²) in [5.41, 5.74) is 1.72. The van der Waals surface area contributed by atoms with Crippen molar-refractivity contribution in [3.8, 4) is 11.4 Å². The molecule has 0 spiro atoms. The van der Waals surface area contributed by atoms with Gasteiger partial charge in [0, 0.05) is 0 Å². The number of aromatic nitrogens is 2. The topological polar surface area (TPSA) is 123 Å². The summed E-state index contributed by atoms with van der Waals surface area (Å²) in [6.45, 7) is 3.62. The third kappa shape index (κ3) is 3.25. The van der Waals surface area contributed by atoms with Crippen molar-refractivity contribution in [3.63, 3.8) is 0 Å². The van der Waals surface area contributed by atoms with Gasteiger partial charge in [-0.3, -0.25) is 9.89 Å². The molecule has 0 saturated heterocycles. The van der Waals surface area contributed by atoms with Gasteiger partial charge < -0.3 is 10.2 Å². The van der Waals surface area contributed by atoms with Gasteiger partial charge in [0.25, 0.3) is 5.56 Å². The molecule has 0 atom stereocenters. The standard InChI is InChI=1S/C18H16N4O4/c1-10-3-6-13(7-4-10)22-17(24)16(11(2)21-22)20-19-14-8-5-12(18(25)26)9-15(14)23/h3-9,21,23H,1-2H3,(H,25,26)/p-1. The van der Waals surface area contributed by atoms with E-state index in [1.54, 1.807) is 19.1 Å². The Bertz CT molecular complexity index is 1060. The van der Waals surface area contributed by atoms with Crippen LogP contribution < -0.4 is 10.7 Å². The Morgan fingerprint density at radius 1 is 1.12 bits per heavy atom. The summed E-state index contributed by atoms with van der Waals surface area (Å²) in [4.78, 5) is 23.4. The Morgan fingerprint density at radius 2 is 1.81 bits per heavy atom. The summed E-state index contributed by atoms with van der Waals surface area (Å²) in [7, 11) is 0. The summed E-state index contributed by atoms with van der Waals surface area (Å²) in [5.74, 6) is -1.78. The number of carboxylic acid groups (broad SMARTS) is 1. The number of carbonyl (C=O) groups is 1. The molecule has 3 rings (SSSR count). The SMILES string of the molecule is Cc1ccc(-n2[nH]c(C)c(N=Nc3ccc(C(=O)O)cc3[O-])c2=O)cc1. The Labute approximate surface area is 148 Å². The molecule has 8 heteroatoms. The number of hydrogen-bond donors (Lipinski definition) is 2. The minimum absolute atomic E-state index is 0.0446. The lowest BCUT2D eigenvalue weighted by atomic mass is 10.2. The number of nitrogens with one attached hydrogen (secondary N) is 1. The molecule has 0 amide bonds. The molecule has 0 radical (unpaired) electrons. The number of H-pyrrole nitrogens is 1. The molecule has 1 heterocycles. The average molecular weight is 351 g/mol. The van der Waals surface area contributed by atoms with Crippen molar-refractivity contribution in [2.75, 3.05) is 0 Å². The monoisotopic (exact) mass is 351 g/mol. The lowest BCUT2D eigenvalue weighted by Gasteiger charge is -2.08. The molecular formula is C18H15N4O4-. The van der Waals surface area contributed by atoms with Gasteiger partial charge in [-0.05, 0) is 38.1 Å². The number of rotatable bonds is 4. The van der Waals surface area contributed by atoms with Crippen LogP contribution in [0.5, 0.6) is 5.75 Å². The van der Waals surface area contributed by atoms with Crippen molar-refractivity contribution in [2.24, 2.45) is 10.2 Å². The Hall–Kier alpha value is -3.68. The van der Waals surface area contributed by atoms with Crippen molar-refractivity contribution in [1.82, 2.24) is 9.78 Å². The first kappa shape index (κ1) is 17.2. The summed E-state index contributed by atoms with van der Waals surface area (Å²) in [5, 5.41) is 31.4. The van der Waals surface area contributed by atoms with Crippen LogP contribution in [0.4, 0.5) is 11.4 Å². The molecule has 0 bridgehead atoms. The predicted molar refractivity (Wildman–Crippen MR) is 92.9 cm³/mol. The number of nitrogens with zero attached hydrogens (tertiary/aromatic N) is 3. The number of carboxylic acids is 1. The van der Waals surface area contributed by atoms with Crippen molar-refractivity contribution >= 4 is 17.3 Å². The van der Waals surface area contributed by atoms with Crippen molar-refractivity contribution in [2.45, 2.75) is 13.8 Å². The molecule has 0 unspecified atom stereocenters. The maximum atomic E-state index is 12.5. The van der Waals surface area contributed by atoms with Crippen LogP contribution >= 0.6 is 0 Å². The maximum absolute atomic E-state index is 12.5. The summed E-state index contributed by atoms with van der Waals surface area (Å²) in [6.07, 6.45) is 0. The third-order valence-corrected chi connectivity index (χ3v) is 3.80. The Balaban J connectivity index is 1.96. The molecule has 2 N–H and O–H groups in total. The van der Waals surface area contributed by atoms with Crippen LogP contribution in [0.25, 0.3) is 5.69 Å². The molecule has 0 aliphatic rings. The lowest BCUT2D eigenvalue weighted by Crippen LogP contribution is -2.13. The van der Waals surface area contributed by atoms with E-state index in [1.807, 2.05) is 19.1 Å². The second kappa shape index (κ2) is 6.67. The number of azo groups is 1. The van der Waals surface area contributed by atoms with Gasteiger partial charge in [-0.2, -0.15) is 5.11 Å². The van der Waals surface area contributed by atoms with E-state index in [0.717, 1.165) is 11.6 Å². The number of aromatic carboxylic acids is 1. The Morgan fingerprint density at radius 3 is 2.42 bits per heavy atom. The quantitative estimate of drug-likeness (QED) is 0.701. The molecule has 0 fully saturated rings. The van der Waals surface area contributed by atoms with Gasteiger partial charge in [0.05, 0.1) is 22.6 Å². The summed E-state index contributed by atoms with van der Waals surface area (Å²) >= 11 is 0. The second-order valence-electron chi connectivity index (χ2n) is 5.75. The fourth-order valence-electron chi connectivity index (χ4n) is 2.36. The van der Waals surface area contributed by atoms with Crippen molar-refractivity contribution in [1.29, 1.82) is 0 Å². The zero-order chi connectivity index (χ0) is 18.8. The van der Waals surface area contributed by atoms with Gasteiger partial charge in [-0.1, -0.05) is 29.5 Å². The minimum Gasteiger partial charge on any atom is -0.871 e. The fraction of sp³-hybridized carbons (Fsp3) is 0.111. The van der Waals surface area contributed by atoms with E-state index < -0.39 is 17.3 Å². The first-order chi connectivity index (χ1) is 12.4. The fourth-order valence-corrected chi connectivity index (χ4v) is 2.36. The molecule has 0 aliphatic heterocycles. The Kier molecular flexibility index (Phi) is 4.40. The van der Waals surface area contributed by atoms with Crippen LogP contribution in [-0.2, 0) is 0 Å². The van der Waals surface area contributed by atoms with Crippen LogP contribution in [0.3, 0.4) is 0 Å². The normalized spacial score (nSPS) is 11.2. The van der Waals surface area contributed by atoms with Crippen LogP contribution in [0, 0.1) is 13.8 Å². The van der Waals surface area contributed by atoms with Crippen LogP contribution in [0.15, 0.2) is 57.5 Å². The highest BCUT2D eigenvalue weighted by molar-refractivity contribution is 5.88. The smallest absolute Gasteiger partial charge is 0.335 e. The van der Waals surface area contributed by atoms with Gasteiger partial charge in [0.15, 0.2) is 5.69 Å². The largest absolute Gasteiger partial charge is 0.871 e. The number of hydrogen-bond acceptors (Lipinski definition) is 5. The predicted octanol–water partition coefficient (Wildman–Crippen LogP) is 2.97. The van der Waals surface area contributed by atoms with Gasteiger partial charge in [-0.15, -0.1) is 5.11 Å². The molecule has 0 saturated carbocycles. The van der Waals surface area contributed by atoms with Gasteiger partial charge in [0.1, 0.15) is 0 Å². The van der Waals surface area contributed by atoms with E-state index in [9.17, 15) is 14.7 Å². The van der Waals surface area contributed by atoms with E-state index in [0.29, 0.717) is 11.4 Å². The first-order valence-corrected chi connectivity index (χ1v) is 7.71. The molecular weight excluding hydrogens is 336 g/mol. The second-order valence-corrected chi connectivity index (χ2v) is 5.75. The maximum Gasteiger partial charge on any atom is 0.335 e. The van der Waals surface area contributed by atoms with Gasteiger partial charge >= 0.3 is 5.97 Å². The number of benzene rings is 2. The van der Waals surface area contributed by atoms with Crippen molar-refractivity contribution < 1.29 is 15.0 Å². The summed E-state index contributed by atoms with van der Waals surface area (Å²) in [6, 6.07) is 10.8. The first-order valence-electron chi connectivity index (χ1n) is 7.71. The highest BCUT2D eigenvalue weighted by atomic mass is 16.4. The van der Waals surface area contributed by atoms with E-state index in [1.165, 1.54) is 16.8 Å². The average Bonchev–Trinajstić information content (AvgIpc) is 2.89. The van der Waals surface area contributed by atoms with Crippen LogP contribution in [-0.4, -0.2) is 20.9 Å². The molecule has 3 aromatic rings. The zero-order valence-electron chi connectivity index (χ0n) is 14.1. The number of aromatic amines is 1. The van der Waals surface area contributed by atoms with E-state index in [4.69, 9.17) is 5.11 Å². The highest BCUT2D eigenvalue weighted by Crippen LogP contribution is 2.27. The van der Waals surface area contributed by atoms with Gasteiger partial charge in [0.2, 0.25) is 0 Å². The number of aryl methyl sites for hydroxylation is 2. The summed E-state index contributed by atoms with van der Waals surface area (Å²) < 4.78 is 1.34. The molecule has 8 nitrogen and oxygen atoms in total. The lowest BCUT2D eigenvalue weighted by molar-refractivity contribution is -0.267. The highest BCUT2D eigenvalue weighted by Gasteiger charge is 2.12. The minimum atomic E-state index is -1.20. The van der Waals surface area contributed by atoms with E-state index in [-0.39, 0.29) is 16.9 Å². The molecule has 2 aromatic carbocycles. The molecule has 26 heavy (non-hydrogen) atoms. The zero-order valence-corrected chi connectivity index (χ0v) is 14.1.